The van der Waals surface area contributed by atoms with Crippen LogP contribution in [0.3, 0.4) is 0 Å². The van der Waals surface area contributed by atoms with Crippen LogP contribution in [0.1, 0.15) is 18.4 Å². The van der Waals surface area contributed by atoms with Crippen LogP contribution in [-0.2, 0) is 19.2 Å². The minimum Gasteiger partial charge on any atom is -0.377 e. The van der Waals surface area contributed by atoms with E-state index in [0.29, 0.717) is 11.4 Å². The van der Waals surface area contributed by atoms with Crippen LogP contribution >= 0.6 is 11.6 Å². The van der Waals surface area contributed by atoms with E-state index < -0.39 is 8.80 Å². The van der Waals surface area contributed by atoms with Crippen molar-refractivity contribution in [2.75, 3.05) is 21.3 Å². The van der Waals surface area contributed by atoms with Crippen LogP contribution in [0.4, 0.5) is 0 Å². The lowest BCUT2D eigenvalue weighted by Crippen LogP contribution is -2.43. The van der Waals surface area contributed by atoms with E-state index in [-0.39, 0.29) is 0 Å². The molecule has 1 aromatic rings. The van der Waals surface area contributed by atoms with E-state index in [1.165, 1.54) is 18.4 Å². The minimum absolute atomic E-state index is 0.562. The monoisotopic (exact) mass is 288 g/mol. The fraction of sp³-hybridized carbons (Fsp3) is 0.538. The maximum Gasteiger partial charge on any atom is 0.503 e. The van der Waals surface area contributed by atoms with Crippen LogP contribution in [0.2, 0.25) is 5.54 Å². The summed E-state index contributed by atoms with van der Waals surface area (Å²) in [6.07, 6.45) is 2.39. The van der Waals surface area contributed by atoms with Crippen molar-refractivity contribution in [3.8, 4) is 0 Å². The second-order valence-electron chi connectivity index (χ2n) is 4.11. The van der Waals surface area contributed by atoms with Gasteiger partial charge < -0.3 is 13.3 Å². The molecule has 1 aliphatic carbocycles. The van der Waals surface area contributed by atoms with Gasteiger partial charge in [-0.2, -0.15) is 0 Å². The fourth-order valence-corrected chi connectivity index (χ4v) is 4.31. The molecule has 5 heteroatoms. The van der Waals surface area contributed by atoms with Crippen molar-refractivity contribution < 1.29 is 13.3 Å². The van der Waals surface area contributed by atoms with Crippen LogP contribution in [0, 0.1) is 0 Å². The molecule has 3 nitrogen and oxygen atoms in total. The summed E-state index contributed by atoms with van der Waals surface area (Å²) in [7, 11) is 2.81. The topological polar surface area (TPSA) is 27.7 Å². The molecule has 102 valence electrons. The maximum atomic E-state index is 5.53. The van der Waals surface area contributed by atoms with E-state index >= 15 is 0 Å². The zero-order chi connectivity index (χ0) is 13.4. The van der Waals surface area contributed by atoms with Crippen LogP contribution in [0.5, 0.6) is 0 Å². The zero-order valence-electron chi connectivity index (χ0n) is 11.2. The first kappa shape index (κ1) is 15.7. The molecule has 0 N–H and O–H groups in total. The average molecular weight is 289 g/mol. The van der Waals surface area contributed by atoms with Gasteiger partial charge in [-0.1, -0.05) is 30.3 Å². The standard InChI is InChI=1S/C7H7Cl.C6H14O3Si/c8-6-7-4-2-1-3-5-7;1-7-10(8-2,9-3)6-4-5-6/h1-5H,6H2;6H,4-5H2,1-3H3. The highest BCUT2D eigenvalue weighted by molar-refractivity contribution is 6.63. The number of hydrogen-bond donors (Lipinski definition) is 0. The first-order valence-electron chi connectivity index (χ1n) is 5.97. The lowest BCUT2D eigenvalue weighted by atomic mass is 10.2. The Balaban J connectivity index is 0.000000184. The number of alkyl halides is 1. The summed E-state index contributed by atoms with van der Waals surface area (Å²) >= 11 is 5.53. The Labute approximate surface area is 115 Å². The first-order valence-corrected chi connectivity index (χ1v) is 8.31. The van der Waals surface area contributed by atoms with E-state index in [1.807, 2.05) is 30.3 Å². The van der Waals surface area contributed by atoms with Crippen LogP contribution in [0.25, 0.3) is 0 Å². The predicted octanol–water partition coefficient (Wildman–Crippen LogP) is 3.45. The van der Waals surface area contributed by atoms with Gasteiger partial charge in [0.05, 0.1) is 0 Å². The molecule has 0 saturated heterocycles. The van der Waals surface area contributed by atoms with Crippen molar-refractivity contribution in [3.05, 3.63) is 35.9 Å². The van der Waals surface area contributed by atoms with Gasteiger partial charge in [0.15, 0.2) is 0 Å². The van der Waals surface area contributed by atoms with Crippen LogP contribution in [0.15, 0.2) is 30.3 Å². The molecule has 0 bridgehead atoms. The van der Waals surface area contributed by atoms with Gasteiger partial charge in [-0.3, -0.25) is 0 Å². The lowest BCUT2D eigenvalue weighted by Gasteiger charge is -2.23. The molecule has 1 aromatic carbocycles. The van der Waals surface area contributed by atoms with Gasteiger partial charge in [0.2, 0.25) is 0 Å². The Morgan fingerprint density at radius 2 is 1.56 bits per heavy atom. The third-order valence-corrected chi connectivity index (χ3v) is 6.52. The third-order valence-electron chi connectivity index (χ3n) is 2.93. The van der Waals surface area contributed by atoms with Gasteiger partial charge >= 0.3 is 8.80 Å². The molecular weight excluding hydrogens is 268 g/mol. The van der Waals surface area contributed by atoms with Gasteiger partial charge in [-0.05, 0) is 18.4 Å². The smallest absolute Gasteiger partial charge is 0.377 e. The number of hydrogen-bond acceptors (Lipinski definition) is 3. The summed E-state index contributed by atoms with van der Waals surface area (Å²) < 4.78 is 15.8. The second kappa shape index (κ2) is 7.91. The SMILES string of the molecule is CO[Si](OC)(OC)C1CC1.ClCc1ccccc1. The quantitative estimate of drug-likeness (QED) is 0.613. The van der Waals surface area contributed by atoms with Gasteiger partial charge in [0, 0.05) is 32.8 Å². The van der Waals surface area contributed by atoms with Crippen molar-refractivity contribution in [3.63, 3.8) is 0 Å². The number of benzene rings is 1. The van der Waals surface area contributed by atoms with E-state index in [0.717, 1.165) is 0 Å². The summed E-state index contributed by atoms with van der Waals surface area (Å²) in [5.74, 6) is 0.612. The van der Waals surface area contributed by atoms with Crippen molar-refractivity contribution in [1.82, 2.24) is 0 Å². The molecule has 1 aliphatic rings. The summed E-state index contributed by atoms with van der Waals surface area (Å²) in [6.45, 7) is 0. The van der Waals surface area contributed by atoms with E-state index in [9.17, 15) is 0 Å². The number of rotatable bonds is 5. The van der Waals surface area contributed by atoms with Crippen molar-refractivity contribution in [1.29, 1.82) is 0 Å². The molecule has 0 atom stereocenters. The lowest BCUT2D eigenvalue weighted by molar-refractivity contribution is 0.121. The molecule has 1 saturated carbocycles. The summed E-state index contributed by atoms with van der Waals surface area (Å²) in [5, 5.41) is 0. The highest BCUT2D eigenvalue weighted by Gasteiger charge is 2.53. The summed E-state index contributed by atoms with van der Waals surface area (Å²) in [5.41, 5.74) is 1.74. The van der Waals surface area contributed by atoms with Crippen LogP contribution in [-0.4, -0.2) is 30.1 Å². The third kappa shape index (κ3) is 4.37. The van der Waals surface area contributed by atoms with E-state index in [1.54, 1.807) is 21.3 Å². The highest BCUT2D eigenvalue weighted by atomic mass is 35.5. The molecule has 0 aliphatic heterocycles. The maximum absolute atomic E-state index is 5.53. The fourth-order valence-electron chi connectivity index (χ4n) is 1.75. The van der Waals surface area contributed by atoms with Gasteiger partial charge in [-0.25, -0.2) is 0 Å². The number of halogens is 1. The molecule has 18 heavy (non-hydrogen) atoms. The van der Waals surface area contributed by atoms with Crippen molar-refractivity contribution >= 4 is 20.4 Å². The van der Waals surface area contributed by atoms with E-state index in [2.05, 4.69) is 0 Å². The Kier molecular flexibility index (Phi) is 6.89. The Morgan fingerprint density at radius 3 is 1.78 bits per heavy atom. The second-order valence-corrected chi connectivity index (χ2v) is 7.63. The largest absolute Gasteiger partial charge is 0.503 e. The van der Waals surface area contributed by atoms with Gasteiger partial charge in [0.1, 0.15) is 0 Å². The Hall–Kier alpha value is -0.393. The zero-order valence-corrected chi connectivity index (χ0v) is 12.9. The highest BCUT2D eigenvalue weighted by Crippen LogP contribution is 2.45. The minimum atomic E-state index is -2.18. The van der Waals surface area contributed by atoms with Crippen molar-refractivity contribution in [2.24, 2.45) is 0 Å². The molecular formula is C13H21ClO3Si. The van der Waals surface area contributed by atoms with Crippen LogP contribution < -0.4 is 0 Å². The molecule has 2 rings (SSSR count). The van der Waals surface area contributed by atoms with Gasteiger partial charge in [0.25, 0.3) is 0 Å². The molecule has 0 heterocycles. The Morgan fingerprint density at radius 1 is 1.06 bits per heavy atom. The van der Waals surface area contributed by atoms with Crippen molar-refractivity contribution in [2.45, 2.75) is 24.3 Å². The molecule has 0 amide bonds. The van der Waals surface area contributed by atoms with E-state index in [4.69, 9.17) is 24.9 Å². The first-order chi connectivity index (χ1) is 8.72. The molecule has 1 fully saturated rings. The Bertz CT molecular complexity index is 318. The molecule has 0 radical (unpaired) electrons. The predicted molar refractivity (Wildman–Crippen MR) is 75.8 cm³/mol. The average Bonchev–Trinajstić information content (AvgIpc) is 3.28. The summed E-state index contributed by atoms with van der Waals surface area (Å²) in [6, 6.07) is 9.96. The van der Waals surface area contributed by atoms with Gasteiger partial charge in [-0.15, -0.1) is 11.6 Å². The molecule has 0 aromatic heterocycles. The molecule has 0 spiro atoms. The summed E-state index contributed by atoms with van der Waals surface area (Å²) in [4.78, 5) is 0. The normalized spacial score (nSPS) is 14.9. The molecule has 0 unspecified atom stereocenters.